The van der Waals surface area contributed by atoms with E-state index in [-0.39, 0.29) is 18.1 Å². The van der Waals surface area contributed by atoms with Crippen LogP contribution in [0.4, 0.5) is 0 Å². The molecule has 0 radical (unpaired) electrons. The third-order valence-corrected chi connectivity index (χ3v) is 4.76. The molecule has 0 spiro atoms. The van der Waals surface area contributed by atoms with Crippen molar-refractivity contribution >= 4 is 5.91 Å². The molecule has 0 fully saturated rings. The molecule has 120 valence electrons. The lowest BCUT2D eigenvalue weighted by molar-refractivity contribution is -0.125. The van der Waals surface area contributed by atoms with Crippen molar-refractivity contribution in [1.82, 2.24) is 14.9 Å². The van der Waals surface area contributed by atoms with E-state index < -0.39 is 0 Å². The molecule has 5 nitrogen and oxygen atoms in total. The molecule has 2 aliphatic rings. The summed E-state index contributed by atoms with van der Waals surface area (Å²) in [4.78, 5) is 16.7. The van der Waals surface area contributed by atoms with Crippen LogP contribution in [0.1, 0.15) is 35.9 Å². The number of carbonyl (C=O) groups is 1. The van der Waals surface area contributed by atoms with Crippen LogP contribution in [-0.2, 0) is 28.9 Å². The van der Waals surface area contributed by atoms with Gasteiger partial charge in [0.25, 0.3) is 0 Å². The number of fused-ring (bicyclic) bond motifs is 2. The quantitative estimate of drug-likeness (QED) is 0.943. The van der Waals surface area contributed by atoms with E-state index in [1.807, 2.05) is 24.5 Å². The molecular formula is C18H21N3O2. The van der Waals surface area contributed by atoms with Gasteiger partial charge in [-0.05, 0) is 24.0 Å². The molecule has 1 N–H and O–H groups in total. The number of nitrogens with one attached hydrogen (secondary N) is 1. The van der Waals surface area contributed by atoms with E-state index in [0.717, 1.165) is 37.2 Å². The Balaban J connectivity index is 1.38. The number of aryl methyl sites for hydroxylation is 1. The average Bonchev–Trinajstić information content (AvgIpc) is 3.03. The van der Waals surface area contributed by atoms with Gasteiger partial charge in [0.2, 0.25) is 5.91 Å². The van der Waals surface area contributed by atoms with Gasteiger partial charge in [-0.1, -0.05) is 24.3 Å². The zero-order valence-electron chi connectivity index (χ0n) is 13.1. The van der Waals surface area contributed by atoms with E-state index in [0.29, 0.717) is 13.0 Å². The van der Waals surface area contributed by atoms with Crippen LogP contribution in [0.5, 0.6) is 0 Å². The Labute approximate surface area is 135 Å². The van der Waals surface area contributed by atoms with Gasteiger partial charge >= 0.3 is 0 Å². The fraction of sp³-hybridized carbons (Fsp3) is 0.444. The Morgan fingerprint density at radius 1 is 1.35 bits per heavy atom. The van der Waals surface area contributed by atoms with Gasteiger partial charge in [0.1, 0.15) is 5.82 Å². The minimum absolute atomic E-state index is 0.0697. The Morgan fingerprint density at radius 2 is 2.26 bits per heavy atom. The monoisotopic (exact) mass is 311 g/mol. The number of benzene rings is 1. The van der Waals surface area contributed by atoms with Crippen LogP contribution in [0.2, 0.25) is 0 Å². The lowest BCUT2D eigenvalue weighted by Gasteiger charge is -2.28. The van der Waals surface area contributed by atoms with Crippen LogP contribution >= 0.6 is 0 Å². The van der Waals surface area contributed by atoms with Crippen molar-refractivity contribution < 1.29 is 9.53 Å². The second-order valence-electron chi connectivity index (χ2n) is 6.31. The van der Waals surface area contributed by atoms with Gasteiger partial charge in [0.15, 0.2) is 0 Å². The molecule has 2 unspecified atom stereocenters. The smallest absolute Gasteiger partial charge is 0.223 e. The van der Waals surface area contributed by atoms with Crippen LogP contribution in [0.25, 0.3) is 0 Å². The zero-order valence-corrected chi connectivity index (χ0v) is 13.1. The topological polar surface area (TPSA) is 56.1 Å². The molecule has 0 bridgehead atoms. The summed E-state index contributed by atoms with van der Waals surface area (Å²) in [5.41, 5.74) is 2.46. The number of nitrogens with zero attached hydrogens (tertiary/aromatic N) is 2. The third kappa shape index (κ3) is 3.01. The molecule has 4 rings (SSSR count). The van der Waals surface area contributed by atoms with Crippen molar-refractivity contribution in [2.24, 2.45) is 0 Å². The van der Waals surface area contributed by atoms with Crippen molar-refractivity contribution in [2.75, 3.05) is 6.61 Å². The number of aromatic nitrogens is 2. The molecule has 1 amide bonds. The van der Waals surface area contributed by atoms with Gasteiger partial charge in [0, 0.05) is 31.4 Å². The second kappa shape index (κ2) is 6.16. The maximum absolute atomic E-state index is 12.4. The number of rotatable bonds is 3. The van der Waals surface area contributed by atoms with Crippen LogP contribution in [0, 0.1) is 0 Å². The van der Waals surface area contributed by atoms with E-state index in [4.69, 9.17) is 4.74 Å². The van der Waals surface area contributed by atoms with E-state index in [1.165, 1.54) is 5.56 Å². The first kappa shape index (κ1) is 14.5. The van der Waals surface area contributed by atoms with Crippen molar-refractivity contribution in [3.63, 3.8) is 0 Å². The fourth-order valence-corrected chi connectivity index (χ4v) is 3.59. The SMILES string of the molecule is O=C(CC1OCCc2ccccc21)NC1CCc2nccn2C1. The molecule has 0 saturated carbocycles. The fourth-order valence-electron chi connectivity index (χ4n) is 3.59. The largest absolute Gasteiger partial charge is 0.373 e. The first-order valence-electron chi connectivity index (χ1n) is 8.28. The first-order valence-corrected chi connectivity index (χ1v) is 8.28. The van der Waals surface area contributed by atoms with E-state index in [2.05, 4.69) is 27.0 Å². The Morgan fingerprint density at radius 3 is 3.22 bits per heavy atom. The summed E-state index contributed by atoms with van der Waals surface area (Å²) in [7, 11) is 0. The highest BCUT2D eigenvalue weighted by molar-refractivity contribution is 5.77. The highest BCUT2D eigenvalue weighted by Gasteiger charge is 2.25. The molecule has 0 aliphatic carbocycles. The molecule has 5 heteroatoms. The van der Waals surface area contributed by atoms with Gasteiger partial charge in [-0.2, -0.15) is 0 Å². The summed E-state index contributed by atoms with van der Waals surface area (Å²) in [5.74, 6) is 1.18. The number of hydrogen-bond acceptors (Lipinski definition) is 3. The standard InChI is InChI=1S/C18H21N3O2/c22-18(20-14-5-6-17-19-8-9-21(17)12-14)11-16-15-4-2-1-3-13(15)7-10-23-16/h1-4,8-9,14,16H,5-7,10-12H2,(H,20,22). The summed E-state index contributed by atoms with van der Waals surface area (Å²) in [5, 5.41) is 3.16. The molecule has 3 heterocycles. The molecule has 2 aliphatic heterocycles. The van der Waals surface area contributed by atoms with Crippen LogP contribution < -0.4 is 5.32 Å². The lowest BCUT2D eigenvalue weighted by Crippen LogP contribution is -2.41. The Hall–Kier alpha value is -2.14. The predicted octanol–water partition coefficient (Wildman–Crippen LogP) is 2.02. The maximum atomic E-state index is 12.4. The van der Waals surface area contributed by atoms with Crippen LogP contribution in [-0.4, -0.2) is 28.1 Å². The van der Waals surface area contributed by atoms with Crippen molar-refractivity contribution in [3.8, 4) is 0 Å². The molecule has 1 aromatic carbocycles. The van der Waals surface area contributed by atoms with Gasteiger partial charge in [-0.15, -0.1) is 0 Å². The summed E-state index contributed by atoms with van der Waals surface area (Å²) in [6.07, 6.45) is 6.88. The minimum atomic E-state index is -0.118. The first-order chi connectivity index (χ1) is 11.3. The minimum Gasteiger partial charge on any atom is -0.373 e. The summed E-state index contributed by atoms with van der Waals surface area (Å²) in [6, 6.07) is 8.45. The van der Waals surface area contributed by atoms with Crippen LogP contribution in [0.3, 0.4) is 0 Å². The highest BCUT2D eigenvalue weighted by Crippen LogP contribution is 2.29. The number of ether oxygens (including phenoxy) is 1. The number of hydrogen-bond donors (Lipinski definition) is 1. The maximum Gasteiger partial charge on any atom is 0.223 e. The van der Waals surface area contributed by atoms with Gasteiger partial charge in [-0.3, -0.25) is 4.79 Å². The second-order valence-corrected chi connectivity index (χ2v) is 6.31. The number of imidazole rings is 1. The predicted molar refractivity (Wildman–Crippen MR) is 85.9 cm³/mol. The zero-order chi connectivity index (χ0) is 15.6. The van der Waals surface area contributed by atoms with Crippen molar-refractivity contribution in [3.05, 3.63) is 53.6 Å². The molecule has 2 atom stereocenters. The van der Waals surface area contributed by atoms with Crippen LogP contribution in [0.15, 0.2) is 36.7 Å². The van der Waals surface area contributed by atoms with E-state index in [9.17, 15) is 4.79 Å². The summed E-state index contributed by atoms with van der Waals surface area (Å²) in [6.45, 7) is 1.50. The molecule has 23 heavy (non-hydrogen) atoms. The lowest BCUT2D eigenvalue weighted by atomic mass is 9.95. The number of amides is 1. The highest BCUT2D eigenvalue weighted by atomic mass is 16.5. The van der Waals surface area contributed by atoms with Gasteiger partial charge in [0.05, 0.1) is 19.1 Å². The summed E-state index contributed by atoms with van der Waals surface area (Å²) < 4.78 is 7.96. The average molecular weight is 311 g/mol. The molecule has 1 aromatic heterocycles. The van der Waals surface area contributed by atoms with Gasteiger partial charge < -0.3 is 14.6 Å². The Bertz CT molecular complexity index is 710. The van der Waals surface area contributed by atoms with Crippen molar-refractivity contribution in [2.45, 2.75) is 44.4 Å². The summed E-state index contributed by atoms with van der Waals surface area (Å²) >= 11 is 0. The van der Waals surface area contributed by atoms with Crippen molar-refractivity contribution in [1.29, 1.82) is 0 Å². The van der Waals surface area contributed by atoms with E-state index in [1.54, 1.807) is 0 Å². The molecule has 2 aromatic rings. The molecule has 0 saturated heterocycles. The van der Waals surface area contributed by atoms with E-state index >= 15 is 0 Å². The molecular weight excluding hydrogens is 290 g/mol. The number of carbonyl (C=O) groups excluding carboxylic acids is 1. The van der Waals surface area contributed by atoms with Gasteiger partial charge in [-0.25, -0.2) is 4.98 Å². The normalized spacial score (nSPS) is 23.0. The third-order valence-electron chi connectivity index (χ3n) is 4.76. The Kier molecular flexibility index (Phi) is 3.87.